The molecule has 158 valence electrons. The summed E-state index contributed by atoms with van der Waals surface area (Å²) in [7, 11) is 0. The topological polar surface area (TPSA) is 40.2 Å². The summed E-state index contributed by atoms with van der Waals surface area (Å²) < 4.78 is 44.2. The average molecular weight is 430 g/mol. The summed E-state index contributed by atoms with van der Waals surface area (Å²) in [4.78, 5) is 0. The molecule has 0 saturated heterocycles. The van der Waals surface area contributed by atoms with Gasteiger partial charge in [0.25, 0.3) is 0 Å². The molecule has 0 atom stereocenters. The van der Waals surface area contributed by atoms with Crippen LogP contribution in [0.3, 0.4) is 0 Å². The Labute approximate surface area is 181 Å². The van der Waals surface area contributed by atoms with E-state index < -0.39 is 12.1 Å². The van der Waals surface area contributed by atoms with Crippen LogP contribution >= 0.6 is 0 Å². The van der Waals surface area contributed by atoms with Gasteiger partial charge in [-0.15, -0.1) is 0 Å². The summed E-state index contributed by atoms with van der Waals surface area (Å²) in [5, 5.41) is 2.18. The lowest BCUT2D eigenvalue weighted by molar-refractivity contribution is 0.241. The lowest BCUT2D eigenvalue weighted by Gasteiger charge is -2.09. The van der Waals surface area contributed by atoms with E-state index in [-0.39, 0.29) is 5.75 Å². The lowest BCUT2D eigenvalue weighted by Crippen LogP contribution is -1.94. The highest BCUT2D eigenvalue weighted by Crippen LogP contribution is 2.35. The monoisotopic (exact) mass is 430 g/mol. The summed E-state index contributed by atoms with van der Waals surface area (Å²) in [6.07, 6.45) is -2.49. The van der Waals surface area contributed by atoms with Gasteiger partial charge in [0.15, 0.2) is 0 Å². The van der Waals surface area contributed by atoms with Crippen molar-refractivity contribution in [1.82, 2.24) is 4.57 Å². The van der Waals surface area contributed by atoms with Crippen LogP contribution in [0.15, 0.2) is 103 Å². The van der Waals surface area contributed by atoms with E-state index >= 15 is 0 Å². The predicted octanol–water partition coefficient (Wildman–Crippen LogP) is 7.45. The van der Waals surface area contributed by atoms with Gasteiger partial charge >= 0.3 is 12.1 Å². The number of aromatic nitrogens is 1. The van der Waals surface area contributed by atoms with Crippen molar-refractivity contribution in [2.24, 2.45) is 0 Å². The molecule has 6 heteroatoms. The number of hydrogen-bond acceptors (Lipinski definition) is 2. The van der Waals surface area contributed by atoms with Gasteiger partial charge in [-0.2, -0.15) is 13.2 Å². The van der Waals surface area contributed by atoms with E-state index in [0.717, 1.165) is 38.6 Å². The zero-order valence-electron chi connectivity index (χ0n) is 16.7. The molecule has 0 aliphatic carbocycles. The van der Waals surface area contributed by atoms with Crippen LogP contribution in [0, 0.1) is 0 Å². The number of nitrogens with zero attached hydrogens (tertiary/aromatic N) is 1. The maximum absolute atomic E-state index is 13.0. The Bertz CT molecular complexity index is 1470. The fraction of sp³-hybridized carbons (Fsp3) is 0. The second kappa shape index (κ2) is 7.81. The zero-order valence-corrected chi connectivity index (χ0v) is 16.7. The van der Waals surface area contributed by atoms with Crippen LogP contribution in [-0.2, 0) is 0 Å². The molecular formula is C26H17F3N2O. The van der Waals surface area contributed by atoms with Gasteiger partial charge in [-0.05, 0) is 65.7 Å². The van der Waals surface area contributed by atoms with E-state index in [1.165, 1.54) is 12.1 Å². The smallest absolute Gasteiger partial charge is 0.344 e. The van der Waals surface area contributed by atoms with E-state index in [4.69, 9.17) is 5.73 Å². The Hall–Kier alpha value is -4.19. The van der Waals surface area contributed by atoms with Crippen molar-refractivity contribution in [3.63, 3.8) is 0 Å². The van der Waals surface area contributed by atoms with Gasteiger partial charge in [-0.1, -0.05) is 36.4 Å². The van der Waals surface area contributed by atoms with Crippen LogP contribution in [0.2, 0.25) is 0 Å². The van der Waals surface area contributed by atoms with Crippen molar-refractivity contribution in [3.05, 3.63) is 103 Å². The van der Waals surface area contributed by atoms with Gasteiger partial charge in [0.2, 0.25) is 0 Å². The molecule has 2 N–H and O–H groups in total. The third-order valence-electron chi connectivity index (χ3n) is 5.37. The molecule has 4 aromatic carbocycles. The molecule has 1 aromatic heterocycles. The Morgan fingerprint density at radius 2 is 1.34 bits per heavy atom. The predicted molar refractivity (Wildman–Crippen MR) is 122 cm³/mol. The average Bonchev–Trinajstić information content (AvgIpc) is 3.14. The number of anilines is 1. The number of ether oxygens (including phenoxy) is 1. The number of benzene rings is 4. The molecule has 0 aliphatic heterocycles. The van der Waals surface area contributed by atoms with Crippen LogP contribution in [0.25, 0.3) is 38.6 Å². The van der Waals surface area contributed by atoms with E-state index in [0.29, 0.717) is 5.69 Å². The summed E-state index contributed by atoms with van der Waals surface area (Å²) in [6, 6.07) is 26.4. The number of halogens is 3. The number of nitrogen functional groups attached to an aromatic ring is 1. The Morgan fingerprint density at radius 1 is 0.688 bits per heavy atom. The fourth-order valence-electron chi connectivity index (χ4n) is 3.91. The van der Waals surface area contributed by atoms with Crippen LogP contribution in [0.1, 0.15) is 0 Å². The number of nitrogens with two attached hydrogens (primary N) is 1. The molecule has 3 nitrogen and oxygen atoms in total. The molecule has 0 unspecified atom stereocenters. The van der Waals surface area contributed by atoms with Gasteiger partial charge < -0.3 is 15.0 Å². The van der Waals surface area contributed by atoms with Crippen molar-refractivity contribution in [3.8, 4) is 22.6 Å². The molecule has 0 radical (unpaired) electrons. The van der Waals surface area contributed by atoms with Crippen LogP contribution in [0.5, 0.6) is 5.75 Å². The molecule has 0 saturated carbocycles. The van der Waals surface area contributed by atoms with Gasteiger partial charge in [0.05, 0.1) is 11.0 Å². The largest absolute Gasteiger partial charge is 0.428 e. The van der Waals surface area contributed by atoms with Crippen molar-refractivity contribution in [2.75, 3.05) is 5.73 Å². The first-order valence-corrected chi connectivity index (χ1v) is 9.89. The van der Waals surface area contributed by atoms with E-state index in [2.05, 4.69) is 27.5 Å². The van der Waals surface area contributed by atoms with E-state index in [9.17, 15) is 13.2 Å². The molecule has 0 amide bonds. The SMILES string of the molecule is Nc1ccc(-n2c3ccccc3c3cc(-c4ccc(OC(F)=C(F)F)cc4)ccc32)cc1. The highest BCUT2D eigenvalue weighted by atomic mass is 19.3. The first-order chi connectivity index (χ1) is 15.5. The maximum Gasteiger partial charge on any atom is 0.344 e. The molecule has 0 fully saturated rings. The first-order valence-electron chi connectivity index (χ1n) is 9.89. The fourth-order valence-corrected chi connectivity index (χ4v) is 3.91. The van der Waals surface area contributed by atoms with Crippen LogP contribution < -0.4 is 10.5 Å². The molecule has 1 heterocycles. The van der Waals surface area contributed by atoms with Gasteiger partial charge in [0, 0.05) is 22.1 Å². The van der Waals surface area contributed by atoms with Crippen molar-refractivity contribution in [1.29, 1.82) is 0 Å². The van der Waals surface area contributed by atoms with Gasteiger partial charge in [0.1, 0.15) is 5.75 Å². The molecule has 0 spiro atoms. The highest BCUT2D eigenvalue weighted by Gasteiger charge is 2.13. The molecule has 32 heavy (non-hydrogen) atoms. The van der Waals surface area contributed by atoms with E-state index in [1.807, 2.05) is 48.5 Å². The van der Waals surface area contributed by atoms with Gasteiger partial charge in [-0.3, -0.25) is 0 Å². The minimum absolute atomic E-state index is 0.0000754. The standard InChI is InChI=1S/C26H17F3N2O/c27-25(28)26(29)32-20-12-5-16(6-13-20)17-7-14-24-22(15-17)21-3-1-2-4-23(21)31(24)19-10-8-18(30)9-11-19/h1-15H,30H2. The Balaban J connectivity index is 1.61. The quantitative estimate of drug-likeness (QED) is 0.238. The number of rotatable bonds is 4. The normalized spacial score (nSPS) is 11.1. The summed E-state index contributed by atoms with van der Waals surface area (Å²) in [5.41, 5.74) is 11.5. The second-order valence-corrected chi connectivity index (χ2v) is 7.34. The third kappa shape index (κ3) is 3.46. The molecule has 5 aromatic rings. The number of fused-ring (bicyclic) bond motifs is 3. The minimum Gasteiger partial charge on any atom is -0.428 e. The molecule has 5 rings (SSSR count). The summed E-state index contributed by atoms with van der Waals surface area (Å²) >= 11 is 0. The maximum atomic E-state index is 13.0. The highest BCUT2D eigenvalue weighted by molar-refractivity contribution is 6.10. The van der Waals surface area contributed by atoms with Crippen molar-refractivity contribution in [2.45, 2.75) is 0 Å². The van der Waals surface area contributed by atoms with Crippen LogP contribution in [-0.4, -0.2) is 4.57 Å². The Kier molecular flexibility index (Phi) is 4.82. The minimum atomic E-state index is -2.49. The second-order valence-electron chi connectivity index (χ2n) is 7.34. The third-order valence-corrected chi connectivity index (χ3v) is 5.37. The molecule has 0 aliphatic rings. The van der Waals surface area contributed by atoms with E-state index in [1.54, 1.807) is 12.1 Å². The number of hydrogen-bond donors (Lipinski definition) is 1. The molecular weight excluding hydrogens is 413 g/mol. The molecule has 0 bridgehead atoms. The van der Waals surface area contributed by atoms with Crippen LogP contribution in [0.4, 0.5) is 18.9 Å². The number of para-hydroxylation sites is 1. The lowest BCUT2D eigenvalue weighted by atomic mass is 10.0. The Morgan fingerprint density at radius 3 is 2.06 bits per heavy atom. The first kappa shape index (κ1) is 19.8. The zero-order chi connectivity index (χ0) is 22.2. The van der Waals surface area contributed by atoms with Crippen molar-refractivity contribution >= 4 is 27.5 Å². The summed E-state index contributed by atoms with van der Waals surface area (Å²) in [5.74, 6) is 0.0000754. The van der Waals surface area contributed by atoms with Crippen molar-refractivity contribution < 1.29 is 17.9 Å². The summed E-state index contributed by atoms with van der Waals surface area (Å²) in [6.45, 7) is 0. The van der Waals surface area contributed by atoms with Gasteiger partial charge in [-0.25, -0.2) is 0 Å².